The van der Waals surface area contributed by atoms with Crippen LogP contribution in [0.4, 0.5) is 5.69 Å². The van der Waals surface area contributed by atoms with Crippen molar-refractivity contribution < 1.29 is 18.4 Å². The van der Waals surface area contributed by atoms with Crippen LogP contribution in [0.15, 0.2) is 23.1 Å². The number of hydrogen-bond donors (Lipinski definition) is 2. The Labute approximate surface area is 123 Å². The Hall–Kier alpha value is -1.51. The van der Waals surface area contributed by atoms with Gasteiger partial charge in [-0.2, -0.15) is 0 Å². The summed E-state index contributed by atoms with van der Waals surface area (Å²) >= 11 is 0. The van der Waals surface area contributed by atoms with E-state index in [0.717, 1.165) is 0 Å². The molecule has 2 rings (SSSR count). The van der Waals surface area contributed by atoms with Crippen molar-refractivity contribution in [1.29, 1.82) is 0 Å². The van der Waals surface area contributed by atoms with E-state index < -0.39 is 14.9 Å². The van der Waals surface area contributed by atoms with Gasteiger partial charge in [0.15, 0.2) is 0 Å². The Kier molecular flexibility index (Phi) is 4.60. The predicted molar refractivity (Wildman–Crippen MR) is 76.4 cm³/mol. The van der Waals surface area contributed by atoms with Crippen LogP contribution in [-0.2, 0) is 10.0 Å². The molecule has 0 aromatic heterocycles. The first-order valence-corrected chi connectivity index (χ1v) is 8.23. The van der Waals surface area contributed by atoms with Crippen LogP contribution in [-0.4, -0.2) is 30.6 Å². The van der Waals surface area contributed by atoms with Crippen molar-refractivity contribution in [2.24, 2.45) is 0 Å². The van der Waals surface area contributed by atoms with E-state index >= 15 is 0 Å². The van der Waals surface area contributed by atoms with Crippen LogP contribution in [0.5, 0.6) is 0 Å². The van der Waals surface area contributed by atoms with Gasteiger partial charge in [-0.05, 0) is 44.2 Å². The third-order valence-electron chi connectivity index (χ3n) is 3.68. The second-order valence-corrected chi connectivity index (χ2v) is 7.02. The second-order valence-electron chi connectivity index (χ2n) is 5.33. The minimum absolute atomic E-state index is 0.0548. The molecule has 1 aromatic rings. The van der Waals surface area contributed by atoms with Crippen molar-refractivity contribution in [1.82, 2.24) is 4.72 Å². The molecule has 1 fully saturated rings. The molecule has 1 aliphatic carbocycles. The van der Waals surface area contributed by atoms with Gasteiger partial charge in [-0.1, -0.05) is 0 Å². The maximum atomic E-state index is 12.3. The van der Waals surface area contributed by atoms with Gasteiger partial charge in [0.05, 0.1) is 15.9 Å². The van der Waals surface area contributed by atoms with E-state index in [1.165, 1.54) is 25.1 Å². The van der Waals surface area contributed by atoms with E-state index in [1.807, 2.05) is 0 Å². The van der Waals surface area contributed by atoms with Crippen LogP contribution in [0.1, 0.15) is 31.2 Å². The number of aryl methyl sites for hydroxylation is 1. The van der Waals surface area contributed by atoms with Crippen LogP contribution in [0.3, 0.4) is 0 Å². The Bertz CT molecular complexity index is 636. The van der Waals surface area contributed by atoms with Crippen molar-refractivity contribution in [2.75, 3.05) is 0 Å². The van der Waals surface area contributed by atoms with Gasteiger partial charge < -0.3 is 5.11 Å². The summed E-state index contributed by atoms with van der Waals surface area (Å²) in [4.78, 5) is 10.2. The van der Waals surface area contributed by atoms with E-state index in [1.54, 1.807) is 0 Å². The van der Waals surface area contributed by atoms with Crippen LogP contribution >= 0.6 is 0 Å². The average Bonchev–Trinajstić information content (AvgIpc) is 2.40. The third kappa shape index (κ3) is 3.78. The first kappa shape index (κ1) is 15.9. The Morgan fingerprint density at radius 2 is 1.90 bits per heavy atom. The largest absolute Gasteiger partial charge is 0.393 e. The number of benzene rings is 1. The summed E-state index contributed by atoms with van der Waals surface area (Å²) in [5.41, 5.74) is 0.208. The molecule has 8 heteroatoms. The molecule has 0 atom stereocenters. The topological polar surface area (TPSA) is 110 Å². The van der Waals surface area contributed by atoms with E-state index in [4.69, 9.17) is 0 Å². The first-order valence-electron chi connectivity index (χ1n) is 6.75. The lowest BCUT2D eigenvalue weighted by molar-refractivity contribution is -0.385. The fourth-order valence-corrected chi connectivity index (χ4v) is 4.06. The molecule has 1 saturated carbocycles. The summed E-state index contributed by atoms with van der Waals surface area (Å²) in [5.74, 6) is 0. The van der Waals surface area contributed by atoms with Crippen LogP contribution in [0.2, 0.25) is 0 Å². The zero-order valence-corrected chi connectivity index (χ0v) is 12.5. The number of aliphatic hydroxyl groups is 1. The molecule has 21 heavy (non-hydrogen) atoms. The van der Waals surface area contributed by atoms with Crippen molar-refractivity contribution in [3.05, 3.63) is 33.9 Å². The van der Waals surface area contributed by atoms with Gasteiger partial charge in [-0.15, -0.1) is 0 Å². The van der Waals surface area contributed by atoms with E-state index in [2.05, 4.69) is 4.72 Å². The first-order chi connectivity index (χ1) is 9.79. The maximum absolute atomic E-state index is 12.3. The molecule has 0 heterocycles. The minimum atomic E-state index is -3.70. The highest BCUT2D eigenvalue weighted by atomic mass is 32.2. The Morgan fingerprint density at radius 3 is 2.43 bits per heavy atom. The maximum Gasteiger partial charge on any atom is 0.269 e. The molecule has 0 radical (unpaired) electrons. The third-order valence-corrected chi connectivity index (χ3v) is 5.36. The molecule has 0 bridgehead atoms. The molecule has 116 valence electrons. The van der Waals surface area contributed by atoms with Gasteiger partial charge in [0.2, 0.25) is 10.0 Å². The summed E-state index contributed by atoms with van der Waals surface area (Å²) in [6, 6.07) is 3.49. The molecule has 0 unspecified atom stereocenters. The zero-order chi connectivity index (χ0) is 15.6. The number of non-ortho nitro benzene ring substituents is 1. The summed E-state index contributed by atoms with van der Waals surface area (Å²) < 4.78 is 27.3. The summed E-state index contributed by atoms with van der Waals surface area (Å²) in [7, 11) is -3.70. The summed E-state index contributed by atoms with van der Waals surface area (Å²) in [6.45, 7) is 1.53. The average molecular weight is 314 g/mol. The second kappa shape index (κ2) is 6.08. The van der Waals surface area contributed by atoms with Gasteiger partial charge >= 0.3 is 0 Å². The molecule has 2 N–H and O–H groups in total. The number of sulfonamides is 1. The molecule has 7 nitrogen and oxygen atoms in total. The van der Waals surface area contributed by atoms with Crippen molar-refractivity contribution in [3.63, 3.8) is 0 Å². The van der Waals surface area contributed by atoms with Crippen molar-refractivity contribution in [3.8, 4) is 0 Å². The monoisotopic (exact) mass is 314 g/mol. The highest BCUT2D eigenvalue weighted by Crippen LogP contribution is 2.24. The lowest BCUT2D eigenvalue weighted by Gasteiger charge is -2.26. The van der Waals surface area contributed by atoms with Crippen LogP contribution < -0.4 is 4.72 Å². The smallest absolute Gasteiger partial charge is 0.269 e. The molecule has 1 aromatic carbocycles. The lowest BCUT2D eigenvalue weighted by atomic mass is 9.94. The SMILES string of the molecule is Cc1cc([N+](=O)[O-])ccc1S(=O)(=O)NC1CCC(O)CC1. The highest BCUT2D eigenvalue weighted by molar-refractivity contribution is 7.89. The molecular weight excluding hydrogens is 296 g/mol. The fourth-order valence-electron chi connectivity index (χ4n) is 2.53. The number of aliphatic hydroxyl groups excluding tert-OH is 1. The minimum Gasteiger partial charge on any atom is -0.393 e. The van der Waals surface area contributed by atoms with Crippen molar-refractivity contribution >= 4 is 15.7 Å². The van der Waals surface area contributed by atoms with Gasteiger partial charge in [0.1, 0.15) is 0 Å². The number of nitro benzene ring substituents is 1. The fraction of sp³-hybridized carbons (Fsp3) is 0.538. The van der Waals surface area contributed by atoms with E-state index in [0.29, 0.717) is 31.2 Å². The summed E-state index contributed by atoms with van der Waals surface area (Å²) in [6.07, 6.45) is 1.98. The number of nitro groups is 1. The van der Waals surface area contributed by atoms with Crippen LogP contribution in [0, 0.1) is 17.0 Å². The van der Waals surface area contributed by atoms with Crippen LogP contribution in [0.25, 0.3) is 0 Å². The molecule has 0 amide bonds. The number of nitrogens with one attached hydrogen (secondary N) is 1. The van der Waals surface area contributed by atoms with Gasteiger partial charge in [-0.3, -0.25) is 10.1 Å². The van der Waals surface area contributed by atoms with Gasteiger partial charge in [-0.25, -0.2) is 13.1 Å². The van der Waals surface area contributed by atoms with E-state index in [9.17, 15) is 23.6 Å². The number of hydrogen-bond acceptors (Lipinski definition) is 5. The van der Waals surface area contributed by atoms with E-state index in [-0.39, 0.29) is 22.7 Å². The molecular formula is C13H18N2O5S. The Morgan fingerprint density at radius 1 is 1.29 bits per heavy atom. The highest BCUT2D eigenvalue weighted by Gasteiger charge is 2.26. The molecule has 1 aliphatic rings. The quantitative estimate of drug-likeness (QED) is 0.646. The van der Waals surface area contributed by atoms with Crippen molar-refractivity contribution in [2.45, 2.75) is 49.6 Å². The lowest BCUT2D eigenvalue weighted by Crippen LogP contribution is -2.38. The Balaban J connectivity index is 2.18. The standard InChI is InChI=1S/C13H18N2O5S/c1-9-8-11(15(17)18)4-7-13(9)21(19,20)14-10-2-5-12(16)6-3-10/h4,7-8,10,12,14,16H,2-3,5-6H2,1H3. The molecule has 0 saturated heterocycles. The van der Waals surface area contributed by atoms with Gasteiger partial charge in [0.25, 0.3) is 5.69 Å². The summed E-state index contributed by atoms with van der Waals surface area (Å²) in [5, 5.41) is 20.1. The number of nitrogens with zero attached hydrogens (tertiary/aromatic N) is 1. The molecule has 0 spiro atoms. The predicted octanol–water partition coefficient (Wildman–Crippen LogP) is 1.49. The number of rotatable bonds is 4. The zero-order valence-electron chi connectivity index (χ0n) is 11.7. The van der Waals surface area contributed by atoms with Gasteiger partial charge in [0, 0.05) is 18.2 Å². The molecule has 0 aliphatic heterocycles. The normalized spacial score (nSPS) is 23.0.